The largest absolute Gasteiger partial charge is 0.457 e. The fourth-order valence-electron chi connectivity index (χ4n) is 6.90. The molecule has 0 N–H and O–H groups in total. The van der Waals surface area contributed by atoms with Gasteiger partial charge in [0.25, 0.3) is 0 Å². The lowest BCUT2D eigenvalue weighted by molar-refractivity contribution is 0.330. The predicted octanol–water partition coefficient (Wildman–Crippen LogP) is 8.30. The van der Waals surface area contributed by atoms with Gasteiger partial charge in [0, 0.05) is 33.1 Å². The zero-order valence-corrected chi connectivity index (χ0v) is 19.5. The molecule has 166 valence electrons. The van der Waals surface area contributed by atoms with Gasteiger partial charge in [-0.25, -0.2) is 0 Å². The summed E-state index contributed by atoms with van der Waals surface area (Å²) in [5.74, 6) is 3.88. The fraction of sp³-hybridized carbons (Fsp3) is 0.188. The van der Waals surface area contributed by atoms with Crippen molar-refractivity contribution in [1.29, 1.82) is 0 Å². The van der Waals surface area contributed by atoms with Crippen molar-refractivity contribution in [2.24, 2.45) is 0 Å². The lowest BCUT2D eigenvalue weighted by atomic mass is 9.52. The lowest BCUT2D eigenvalue weighted by Crippen LogP contribution is -2.44. The van der Waals surface area contributed by atoms with Crippen LogP contribution in [0.1, 0.15) is 48.9 Å². The predicted molar refractivity (Wildman–Crippen MR) is 135 cm³/mol. The van der Waals surface area contributed by atoms with Crippen molar-refractivity contribution in [3.05, 3.63) is 130 Å². The van der Waals surface area contributed by atoms with E-state index in [2.05, 4.69) is 111 Å². The summed E-state index contributed by atoms with van der Waals surface area (Å²) in [6.45, 7) is 4.69. The Morgan fingerprint density at radius 1 is 0.441 bits per heavy atom. The van der Waals surface area contributed by atoms with Crippen LogP contribution in [0.15, 0.2) is 108 Å². The van der Waals surface area contributed by atoms with E-state index in [1.807, 2.05) is 0 Å². The molecule has 3 aliphatic rings. The van der Waals surface area contributed by atoms with Crippen LogP contribution in [0.3, 0.4) is 0 Å². The van der Waals surface area contributed by atoms with Crippen LogP contribution in [0.25, 0.3) is 0 Å². The SMILES string of the molecule is CC1=C(C)C2(CCC13c1ccccc1Oc1ccccc13)c1ccccc1Oc1ccccc12. The van der Waals surface area contributed by atoms with Crippen molar-refractivity contribution in [2.45, 2.75) is 37.5 Å². The Labute approximate surface area is 200 Å². The molecule has 0 radical (unpaired) electrons. The molecule has 0 amide bonds. The number of hydrogen-bond acceptors (Lipinski definition) is 2. The number of hydrogen-bond donors (Lipinski definition) is 0. The van der Waals surface area contributed by atoms with Gasteiger partial charge in [-0.1, -0.05) is 83.9 Å². The van der Waals surface area contributed by atoms with E-state index in [4.69, 9.17) is 9.47 Å². The Kier molecular flexibility index (Phi) is 3.97. The summed E-state index contributed by atoms with van der Waals surface area (Å²) in [4.78, 5) is 0. The van der Waals surface area contributed by atoms with Gasteiger partial charge in [-0.05, 0) is 51.0 Å². The minimum absolute atomic E-state index is 0.205. The summed E-state index contributed by atoms with van der Waals surface area (Å²) in [6.07, 6.45) is 1.99. The third kappa shape index (κ3) is 2.31. The number of benzene rings is 4. The fourth-order valence-corrected chi connectivity index (χ4v) is 6.90. The standard InChI is InChI=1S/C32H26O2/c1-21-22(2)32(25-13-5-9-17-29(25)34-30-18-10-6-14-26(30)32)20-19-31(21)23-11-3-7-15-27(23)33-28-16-8-4-12-24(28)31/h3-18H,19-20H2,1-2H3. The molecule has 4 aromatic carbocycles. The van der Waals surface area contributed by atoms with Gasteiger partial charge in [0.2, 0.25) is 0 Å². The van der Waals surface area contributed by atoms with Gasteiger partial charge in [0.15, 0.2) is 0 Å². The quantitative estimate of drug-likeness (QED) is 0.255. The molecule has 2 nitrogen and oxygen atoms in total. The van der Waals surface area contributed by atoms with E-state index in [1.165, 1.54) is 33.4 Å². The first kappa shape index (κ1) is 19.7. The Hall–Kier alpha value is -3.78. The molecule has 0 saturated carbocycles. The van der Waals surface area contributed by atoms with Crippen LogP contribution < -0.4 is 9.47 Å². The Balaban J connectivity index is 1.56. The monoisotopic (exact) mass is 442 g/mol. The van der Waals surface area contributed by atoms with E-state index in [9.17, 15) is 0 Å². The van der Waals surface area contributed by atoms with Crippen LogP contribution in [0.5, 0.6) is 23.0 Å². The molecule has 1 aliphatic carbocycles. The van der Waals surface area contributed by atoms with Gasteiger partial charge >= 0.3 is 0 Å². The van der Waals surface area contributed by atoms with Gasteiger partial charge in [-0.2, -0.15) is 0 Å². The van der Waals surface area contributed by atoms with Gasteiger partial charge in [0.1, 0.15) is 23.0 Å². The molecular weight excluding hydrogens is 416 g/mol. The number of ether oxygens (including phenoxy) is 2. The number of fused-ring (bicyclic) bond motifs is 8. The van der Waals surface area contributed by atoms with Gasteiger partial charge in [0.05, 0.1) is 0 Å². The Morgan fingerprint density at radius 2 is 0.706 bits per heavy atom. The number of allylic oxidation sites excluding steroid dienone is 2. The first-order valence-electron chi connectivity index (χ1n) is 12.1. The Morgan fingerprint density at radius 3 is 1.00 bits per heavy atom. The summed E-state index contributed by atoms with van der Waals surface area (Å²) >= 11 is 0. The minimum atomic E-state index is -0.205. The highest BCUT2D eigenvalue weighted by Gasteiger charge is 2.54. The first-order chi connectivity index (χ1) is 16.7. The van der Waals surface area contributed by atoms with E-state index in [-0.39, 0.29) is 10.8 Å². The van der Waals surface area contributed by atoms with Crippen LogP contribution in [-0.2, 0) is 10.8 Å². The van der Waals surface area contributed by atoms with E-state index >= 15 is 0 Å². The molecule has 0 bridgehead atoms. The highest BCUT2D eigenvalue weighted by atomic mass is 16.5. The van der Waals surface area contributed by atoms with Crippen LogP contribution >= 0.6 is 0 Å². The average molecular weight is 443 g/mol. The second kappa shape index (κ2) is 6.87. The van der Waals surface area contributed by atoms with Crippen LogP contribution in [0, 0.1) is 0 Å². The summed E-state index contributed by atoms with van der Waals surface area (Å²) in [5.41, 5.74) is 7.50. The van der Waals surface area contributed by atoms with E-state index in [0.29, 0.717) is 0 Å². The maximum atomic E-state index is 6.40. The number of para-hydroxylation sites is 4. The first-order valence-corrected chi connectivity index (χ1v) is 12.1. The number of rotatable bonds is 0. The third-order valence-corrected chi connectivity index (χ3v) is 8.55. The van der Waals surface area contributed by atoms with Gasteiger partial charge < -0.3 is 9.47 Å². The average Bonchev–Trinajstić information content (AvgIpc) is 2.89. The summed E-state index contributed by atoms with van der Waals surface area (Å²) in [7, 11) is 0. The highest BCUT2D eigenvalue weighted by Crippen LogP contribution is 2.64. The second-order valence-corrected chi connectivity index (χ2v) is 9.75. The minimum Gasteiger partial charge on any atom is -0.457 e. The molecule has 0 aromatic heterocycles. The summed E-state index contributed by atoms with van der Waals surface area (Å²) < 4.78 is 12.8. The molecule has 2 heterocycles. The van der Waals surface area contributed by atoms with Crippen molar-refractivity contribution in [2.75, 3.05) is 0 Å². The van der Waals surface area contributed by atoms with Gasteiger partial charge in [-0.3, -0.25) is 0 Å². The summed E-state index contributed by atoms with van der Waals surface area (Å²) in [5, 5.41) is 0. The van der Waals surface area contributed by atoms with Crippen molar-refractivity contribution < 1.29 is 9.47 Å². The molecule has 0 atom stereocenters. The zero-order chi connectivity index (χ0) is 22.9. The lowest BCUT2D eigenvalue weighted by Gasteiger charge is -2.52. The molecule has 4 aromatic rings. The van der Waals surface area contributed by atoms with Crippen molar-refractivity contribution in [3.8, 4) is 23.0 Å². The van der Waals surface area contributed by atoms with Crippen LogP contribution in [0.4, 0.5) is 0 Å². The third-order valence-electron chi connectivity index (χ3n) is 8.55. The molecule has 2 aliphatic heterocycles. The second-order valence-electron chi connectivity index (χ2n) is 9.75. The van der Waals surface area contributed by atoms with Crippen molar-refractivity contribution in [3.63, 3.8) is 0 Å². The van der Waals surface area contributed by atoms with E-state index < -0.39 is 0 Å². The Bertz CT molecular complexity index is 1290. The summed E-state index contributed by atoms with van der Waals surface area (Å²) in [6, 6.07) is 34.3. The molecule has 0 unspecified atom stereocenters. The van der Waals surface area contributed by atoms with Crippen LogP contribution in [0.2, 0.25) is 0 Å². The molecule has 0 saturated heterocycles. The van der Waals surface area contributed by atoms with E-state index in [0.717, 1.165) is 35.8 Å². The topological polar surface area (TPSA) is 18.5 Å². The van der Waals surface area contributed by atoms with E-state index in [1.54, 1.807) is 0 Å². The normalized spacial score (nSPS) is 18.3. The maximum Gasteiger partial charge on any atom is 0.131 e. The zero-order valence-electron chi connectivity index (χ0n) is 19.5. The molecule has 2 heteroatoms. The smallest absolute Gasteiger partial charge is 0.131 e. The molecule has 7 rings (SSSR count). The molecule has 2 spiro atoms. The highest BCUT2D eigenvalue weighted by molar-refractivity contribution is 5.69. The molecule has 34 heavy (non-hydrogen) atoms. The van der Waals surface area contributed by atoms with Crippen molar-refractivity contribution >= 4 is 0 Å². The van der Waals surface area contributed by atoms with Crippen LogP contribution in [-0.4, -0.2) is 0 Å². The van der Waals surface area contributed by atoms with Gasteiger partial charge in [-0.15, -0.1) is 0 Å². The molecular formula is C32H26O2. The van der Waals surface area contributed by atoms with Crippen molar-refractivity contribution in [1.82, 2.24) is 0 Å². The molecule has 0 fully saturated rings. The maximum absolute atomic E-state index is 6.40.